The summed E-state index contributed by atoms with van der Waals surface area (Å²) < 4.78 is 0. The van der Waals surface area contributed by atoms with E-state index < -0.39 is 0 Å². The fourth-order valence-electron chi connectivity index (χ4n) is 1.46. The number of thioether (sulfide) groups is 1. The summed E-state index contributed by atoms with van der Waals surface area (Å²) in [6, 6.07) is 0.0780. The topological polar surface area (TPSA) is 41.1 Å². The molecule has 0 aliphatic carbocycles. The zero-order valence-corrected chi connectivity index (χ0v) is 10.2. The van der Waals surface area contributed by atoms with Crippen molar-refractivity contribution in [1.29, 1.82) is 0 Å². The van der Waals surface area contributed by atoms with Gasteiger partial charge in [0.25, 0.3) is 0 Å². The highest BCUT2D eigenvalue weighted by atomic mass is 35.5. The van der Waals surface area contributed by atoms with Crippen molar-refractivity contribution in [2.75, 3.05) is 25.1 Å². The minimum absolute atomic E-state index is 0. The average Bonchev–Trinajstić information content (AvgIpc) is 2.65. The summed E-state index contributed by atoms with van der Waals surface area (Å²) in [4.78, 5) is 11.4. The molecule has 1 unspecified atom stereocenters. The van der Waals surface area contributed by atoms with E-state index in [2.05, 4.69) is 16.9 Å². The Morgan fingerprint density at radius 2 is 2.43 bits per heavy atom. The Bertz CT molecular complexity index is 163. The van der Waals surface area contributed by atoms with Crippen LogP contribution in [0.1, 0.15) is 19.3 Å². The number of amides is 1. The molecular formula is C9H19ClN2OS. The van der Waals surface area contributed by atoms with Gasteiger partial charge < -0.3 is 10.6 Å². The first-order valence-corrected chi connectivity index (χ1v) is 6.24. The van der Waals surface area contributed by atoms with Crippen LogP contribution in [0.4, 0.5) is 0 Å². The molecule has 14 heavy (non-hydrogen) atoms. The Morgan fingerprint density at radius 3 is 3.00 bits per heavy atom. The van der Waals surface area contributed by atoms with Crippen LogP contribution in [0, 0.1) is 0 Å². The number of nitrogens with one attached hydrogen (secondary N) is 2. The predicted molar refractivity (Wildman–Crippen MR) is 64.3 cm³/mol. The zero-order chi connectivity index (χ0) is 9.52. The van der Waals surface area contributed by atoms with Gasteiger partial charge in [-0.15, -0.1) is 12.4 Å². The maximum Gasteiger partial charge on any atom is 0.237 e. The van der Waals surface area contributed by atoms with E-state index in [4.69, 9.17) is 0 Å². The summed E-state index contributed by atoms with van der Waals surface area (Å²) in [6.07, 6.45) is 5.28. The largest absolute Gasteiger partial charge is 0.355 e. The van der Waals surface area contributed by atoms with Gasteiger partial charge in [-0.1, -0.05) is 0 Å². The fraction of sp³-hybridized carbons (Fsp3) is 0.889. The Hall–Kier alpha value is 0.0700. The van der Waals surface area contributed by atoms with Gasteiger partial charge in [0, 0.05) is 6.54 Å². The number of rotatable bonds is 5. The summed E-state index contributed by atoms with van der Waals surface area (Å²) in [5, 5.41) is 6.12. The lowest BCUT2D eigenvalue weighted by molar-refractivity contribution is -0.122. The van der Waals surface area contributed by atoms with Crippen LogP contribution in [0.3, 0.4) is 0 Å². The van der Waals surface area contributed by atoms with Gasteiger partial charge in [0.05, 0.1) is 6.04 Å². The smallest absolute Gasteiger partial charge is 0.237 e. The molecule has 1 aliphatic heterocycles. The maximum atomic E-state index is 11.4. The van der Waals surface area contributed by atoms with Crippen LogP contribution in [0.2, 0.25) is 0 Å². The Balaban J connectivity index is 0.00000169. The first-order chi connectivity index (χ1) is 6.34. The third kappa shape index (κ3) is 5.08. The summed E-state index contributed by atoms with van der Waals surface area (Å²) in [5.41, 5.74) is 0. The van der Waals surface area contributed by atoms with Crippen molar-refractivity contribution in [3.63, 3.8) is 0 Å². The highest BCUT2D eigenvalue weighted by Crippen LogP contribution is 2.04. The molecule has 0 saturated carbocycles. The molecule has 84 valence electrons. The van der Waals surface area contributed by atoms with Crippen LogP contribution in [-0.4, -0.2) is 37.0 Å². The van der Waals surface area contributed by atoms with Crippen molar-refractivity contribution in [2.45, 2.75) is 25.3 Å². The summed E-state index contributed by atoms with van der Waals surface area (Å²) in [6.45, 7) is 1.81. The van der Waals surface area contributed by atoms with E-state index in [1.807, 2.05) is 11.8 Å². The van der Waals surface area contributed by atoms with Crippen molar-refractivity contribution in [1.82, 2.24) is 10.6 Å². The first-order valence-electron chi connectivity index (χ1n) is 4.84. The van der Waals surface area contributed by atoms with Crippen LogP contribution in [-0.2, 0) is 4.79 Å². The number of halogens is 1. The normalized spacial score (nSPS) is 20.2. The molecule has 1 saturated heterocycles. The lowest BCUT2D eigenvalue weighted by Crippen LogP contribution is -2.40. The monoisotopic (exact) mass is 238 g/mol. The van der Waals surface area contributed by atoms with Gasteiger partial charge in [0.1, 0.15) is 0 Å². The third-order valence-electron chi connectivity index (χ3n) is 2.20. The summed E-state index contributed by atoms with van der Waals surface area (Å²) in [7, 11) is 0. The van der Waals surface area contributed by atoms with Crippen LogP contribution in [0.5, 0.6) is 0 Å². The van der Waals surface area contributed by atoms with Crippen molar-refractivity contribution in [2.24, 2.45) is 0 Å². The second kappa shape index (κ2) is 8.38. The molecule has 0 aromatic carbocycles. The van der Waals surface area contributed by atoms with Crippen LogP contribution < -0.4 is 10.6 Å². The average molecular weight is 239 g/mol. The second-order valence-electron chi connectivity index (χ2n) is 3.29. The SMILES string of the molecule is CSCCCNC(=O)C1CCCN1.Cl. The molecule has 0 spiro atoms. The van der Waals surface area contributed by atoms with Gasteiger partial charge >= 0.3 is 0 Å². The molecule has 0 aromatic heterocycles. The molecule has 0 bridgehead atoms. The Kier molecular flexibility index (Phi) is 8.43. The van der Waals surface area contributed by atoms with Gasteiger partial charge in [0.2, 0.25) is 5.91 Å². The van der Waals surface area contributed by atoms with Crippen LogP contribution in [0.15, 0.2) is 0 Å². The van der Waals surface area contributed by atoms with Gasteiger partial charge in [-0.3, -0.25) is 4.79 Å². The summed E-state index contributed by atoms with van der Waals surface area (Å²) >= 11 is 1.82. The molecule has 1 heterocycles. The maximum absolute atomic E-state index is 11.4. The van der Waals surface area contributed by atoms with E-state index in [1.54, 1.807) is 0 Å². The lowest BCUT2D eigenvalue weighted by atomic mass is 10.2. The van der Waals surface area contributed by atoms with E-state index in [0.29, 0.717) is 0 Å². The highest BCUT2D eigenvalue weighted by molar-refractivity contribution is 7.98. The van der Waals surface area contributed by atoms with Gasteiger partial charge in [-0.05, 0) is 37.8 Å². The number of carbonyl (C=O) groups excluding carboxylic acids is 1. The van der Waals surface area contributed by atoms with E-state index in [1.165, 1.54) is 0 Å². The van der Waals surface area contributed by atoms with Crippen LogP contribution >= 0.6 is 24.2 Å². The van der Waals surface area contributed by atoms with Crippen molar-refractivity contribution in [3.05, 3.63) is 0 Å². The molecule has 1 rings (SSSR count). The zero-order valence-electron chi connectivity index (χ0n) is 8.54. The quantitative estimate of drug-likeness (QED) is 0.703. The lowest BCUT2D eigenvalue weighted by Gasteiger charge is -2.10. The standard InChI is InChI=1S/C9H18N2OS.ClH/c1-13-7-3-6-11-9(12)8-4-2-5-10-8;/h8,10H,2-7H2,1H3,(H,11,12);1H. The first kappa shape index (κ1) is 14.1. The minimum atomic E-state index is 0. The molecule has 0 aromatic rings. The van der Waals surface area contributed by atoms with Crippen molar-refractivity contribution < 1.29 is 4.79 Å². The highest BCUT2D eigenvalue weighted by Gasteiger charge is 2.20. The molecule has 1 amide bonds. The molecule has 1 fully saturated rings. The number of carbonyl (C=O) groups is 1. The Labute approximate surface area is 96.2 Å². The second-order valence-corrected chi connectivity index (χ2v) is 4.27. The number of hydrogen-bond acceptors (Lipinski definition) is 3. The molecular weight excluding hydrogens is 220 g/mol. The van der Waals surface area contributed by atoms with E-state index in [9.17, 15) is 4.79 Å². The van der Waals surface area contributed by atoms with Crippen molar-refractivity contribution >= 4 is 30.1 Å². The summed E-state index contributed by atoms with van der Waals surface area (Å²) in [5.74, 6) is 1.30. The van der Waals surface area contributed by atoms with E-state index in [0.717, 1.165) is 38.1 Å². The fourth-order valence-corrected chi connectivity index (χ4v) is 1.89. The molecule has 1 atom stereocenters. The van der Waals surface area contributed by atoms with Gasteiger partial charge in [-0.2, -0.15) is 11.8 Å². The number of hydrogen-bond donors (Lipinski definition) is 2. The predicted octanol–water partition coefficient (Wildman–Crippen LogP) is 1.03. The molecule has 0 radical (unpaired) electrons. The van der Waals surface area contributed by atoms with Gasteiger partial charge in [0.15, 0.2) is 0 Å². The molecule has 1 aliphatic rings. The van der Waals surface area contributed by atoms with E-state index in [-0.39, 0.29) is 24.4 Å². The molecule has 3 nitrogen and oxygen atoms in total. The van der Waals surface area contributed by atoms with Crippen molar-refractivity contribution in [3.8, 4) is 0 Å². The van der Waals surface area contributed by atoms with Crippen LogP contribution in [0.25, 0.3) is 0 Å². The molecule has 5 heteroatoms. The van der Waals surface area contributed by atoms with Gasteiger partial charge in [-0.25, -0.2) is 0 Å². The molecule has 2 N–H and O–H groups in total. The Morgan fingerprint density at radius 1 is 1.64 bits per heavy atom. The minimum Gasteiger partial charge on any atom is -0.355 e. The third-order valence-corrected chi connectivity index (χ3v) is 2.90. The van der Waals surface area contributed by atoms with E-state index >= 15 is 0 Å².